The third-order valence-corrected chi connectivity index (χ3v) is 2.51. The van der Waals surface area contributed by atoms with Gasteiger partial charge in [-0.3, -0.25) is 14.9 Å². The van der Waals surface area contributed by atoms with Gasteiger partial charge in [-0.1, -0.05) is 24.3 Å². The lowest BCUT2D eigenvalue weighted by Crippen LogP contribution is -2.03. The first-order valence-electron chi connectivity index (χ1n) is 5.31. The second kappa shape index (κ2) is 6.80. The number of carboxylic acid groups (broad SMARTS) is 1. The number of nitro groups is 1. The zero-order chi connectivity index (χ0) is 13.5. The zero-order valence-corrected chi connectivity index (χ0v) is 10.5. The average Bonchev–Trinajstić information content (AvgIpc) is 2.30. The van der Waals surface area contributed by atoms with Crippen LogP contribution in [0.5, 0.6) is 0 Å². The Labute approximate surface area is 110 Å². The summed E-state index contributed by atoms with van der Waals surface area (Å²) in [5.41, 5.74) is 0.724. The molecule has 1 rings (SSSR count). The molecule has 0 saturated heterocycles. The molecule has 96 valence electrons. The van der Waals surface area contributed by atoms with Crippen molar-refractivity contribution in [3.63, 3.8) is 0 Å². The number of carboxylic acids is 1. The first kappa shape index (κ1) is 14.2. The molecule has 1 aromatic rings. The van der Waals surface area contributed by atoms with E-state index in [-0.39, 0.29) is 17.7 Å². The summed E-state index contributed by atoms with van der Waals surface area (Å²) in [5.74, 6) is -0.383. The molecule has 0 aromatic heterocycles. The molecule has 1 aromatic carbocycles. The Morgan fingerprint density at radius 3 is 2.78 bits per heavy atom. The number of benzene rings is 1. The molecule has 0 fully saturated rings. The first-order valence-corrected chi connectivity index (χ1v) is 5.94. The summed E-state index contributed by atoms with van der Waals surface area (Å²) in [7, 11) is 0. The number of rotatable bonds is 6. The van der Waals surface area contributed by atoms with Crippen LogP contribution in [0.15, 0.2) is 24.3 Å². The molecule has 1 N–H and O–H groups in total. The highest BCUT2D eigenvalue weighted by molar-refractivity contribution is 7.80. The normalized spacial score (nSPS) is 10.7. The van der Waals surface area contributed by atoms with Crippen molar-refractivity contribution in [2.45, 2.75) is 12.8 Å². The molecule has 5 nitrogen and oxygen atoms in total. The van der Waals surface area contributed by atoms with Gasteiger partial charge in [-0.05, 0) is 17.7 Å². The first-order chi connectivity index (χ1) is 8.54. The topological polar surface area (TPSA) is 80.4 Å². The zero-order valence-electron chi connectivity index (χ0n) is 9.57. The van der Waals surface area contributed by atoms with Gasteiger partial charge >= 0.3 is 5.97 Å². The minimum absolute atomic E-state index is 0.162. The minimum atomic E-state index is -1.09. The molecule has 0 unspecified atom stereocenters. The summed E-state index contributed by atoms with van der Waals surface area (Å²) in [6, 6.07) is 4.53. The van der Waals surface area contributed by atoms with Gasteiger partial charge in [0.05, 0.1) is 11.3 Å². The highest BCUT2D eigenvalue weighted by Crippen LogP contribution is 2.21. The van der Waals surface area contributed by atoms with Crippen molar-refractivity contribution in [2.24, 2.45) is 0 Å². The third-order valence-electron chi connectivity index (χ3n) is 2.25. The number of allylic oxidation sites excluding steroid dienone is 1. The van der Waals surface area contributed by atoms with Gasteiger partial charge in [0.15, 0.2) is 0 Å². The summed E-state index contributed by atoms with van der Waals surface area (Å²) in [4.78, 5) is 20.9. The smallest absolute Gasteiger partial charge is 0.308 e. The maximum absolute atomic E-state index is 10.9. The standard InChI is InChI=1S/C12H13NO4S/c14-12(15)8-10-5-4-9(3-1-2-6-18)7-11(10)13(16)17/h1,3-5,7,18H,2,6,8H2,(H,14,15). The lowest BCUT2D eigenvalue weighted by Gasteiger charge is -2.01. The number of hydrogen-bond acceptors (Lipinski definition) is 4. The maximum Gasteiger partial charge on any atom is 0.308 e. The molecule has 0 spiro atoms. The summed E-state index contributed by atoms with van der Waals surface area (Å²) < 4.78 is 0. The van der Waals surface area contributed by atoms with E-state index in [1.54, 1.807) is 12.1 Å². The summed E-state index contributed by atoms with van der Waals surface area (Å²) >= 11 is 4.05. The molecule has 6 heteroatoms. The van der Waals surface area contributed by atoms with Crippen LogP contribution in [-0.2, 0) is 11.2 Å². The van der Waals surface area contributed by atoms with E-state index in [9.17, 15) is 14.9 Å². The molecular formula is C12H13NO4S. The Kier molecular flexibility index (Phi) is 5.38. The van der Waals surface area contributed by atoms with Crippen molar-refractivity contribution in [3.05, 3.63) is 45.5 Å². The number of hydrogen-bond donors (Lipinski definition) is 2. The predicted octanol–water partition coefficient (Wildman–Crippen LogP) is 2.56. The van der Waals surface area contributed by atoms with Crippen LogP contribution in [-0.4, -0.2) is 21.8 Å². The molecule has 0 aliphatic carbocycles. The summed E-state index contributed by atoms with van der Waals surface area (Å²) in [6.07, 6.45) is 4.04. The van der Waals surface area contributed by atoms with Gasteiger partial charge in [-0.15, -0.1) is 0 Å². The van der Waals surface area contributed by atoms with Gasteiger partial charge in [0.25, 0.3) is 5.69 Å². The fourth-order valence-corrected chi connectivity index (χ4v) is 1.61. The summed E-state index contributed by atoms with van der Waals surface area (Å²) in [6.45, 7) is 0. The number of nitrogens with zero attached hydrogens (tertiary/aromatic N) is 1. The van der Waals surface area contributed by atoms with Crippen LogP contribution in [0.3, 0.4) is 0 Å². The monoisotopic (exact) mass is 267 g/mol. The second-order valence-corrected chi connectivity index (χ2v) is 4.08. The van der Waals surface area contributed by atoms with Crippen LogP contribution in [0.2, 0.25) is 0 Å². The Bertz CT molecular complexity index is 485. The van der Waals surface area contributed by atoms with Gasteiger partial charge in [-0.25, -0.2) is 0 Å². The van der Waals surface area contributed by atoms with Crippen LogP contribution in [0.1, 0.15) is 17.5 Å². The van der Waals surface area contributed by atoms with E-state index in [1.165, 1.54) is 12.1 Å². The molecule has 0 saturated carbocycles. The van der Waals surface area contributed by atoms with E-state index in [2.05, 4.69) is 12.6 Å². The van der Waals surface area contributed by atoms with E-state index >= 15 is 0 Å². The number of nitro benzene ring substituents is 1. The Morgan fingerprint density at radius 2 is 2.22 bits per heavy atom. The Morgan fingerprint density at radius 1 is 1.50 bits per heavy atom. The van der Waals surface area contributed by atoms with Crippen LogP contribution < -0.4 is 0 Å². The van der Waals surface area contributed by atoms with Crippen molar-refractivity contribution >= 4 is 30.4 Å². The molecule has 0 amide bonds. The van der Waals surface area contributed by atoms with E-state index in [4.69, 9.17) is 5.11 Å². The fourth-order valence-electron chi connectivity index (χ4n) is 1.46. The second-order valence-electron chi connectivity index (χ2n) is 3.63. The van der Waals surface area contributed by atoms with Gasteiger partial charge in [0.2, 0.25) is 0 Å². The van der Waals surface area contributed by atoms with Crippen molar-refractivity contribution in [1.82, 2.24) is 0 Å². The van der Waals surface area contributed by atoms with Crippen molar-refractivity contribution < 1.29 is 14.8 Å². The maximum atomic E-state index is 10.9. The Balaban J connectivity index is 3.03. The highest BCUT2D eigenvalue weighted by Gasteiger charge is 2.16. The van der Waals surface area contributed by atoms with E-state index in [0.29, 0.717) is 11.3 Å². The van der Waals surface area contributed by atoms with E-state index < -0.39 is 10.9 Å². The molecule has 0 atom stereocenters. The molecule has 0 bridgehead atoms. The lowest BCUT2D eigenvalue weighted by molar-refractivity contribution is -0.385. The van der Waals surface area contributed by atoms with E-state index in [0.717, 1.165) is 6.42 Å². The molecule has 0 radical (unpaired) electrons. The van der Waals surface area contributed by atoms with Crippen LogP contribution in [0.4, 0.5) is 5.69 Å². The van der Waals surface area contributed by atoms with Gasteiger partial charge < -0.3 is 5.11 Å². The SMILES string of the molecule is O=C(O)Cc1ccc(C=CCCS)cc1[N+](=O)[O-]. The van der Waals surface area contributed by atoms with Gasteiger partial charge in [-0.2, -0.15) is 12.6 Å². The van der Waals surface area contributed by atoms with Crippen molar-refractivity contribution in [1.29, 1.82) is 0 Å². The number of carbonyl (C=O) groups is 1. The minimum Gasteiger partial charge on any atom is -0.481 e. The largest absolute Gasteiger partial charge is 0.481 e. The highest BCUT2D eigenvalue weighted by atomic mass is 32.1. The number of aliphatic carboxylic acids is 1. The van der Waals surface area contributed by atoms with E-state index in [1.807, 2.05) is 6.08 Å². The molecule has 0 aliphatic rings. The number of thiol groups is 1. The van der Waals surface area contributed by atoms with Crippen LogP contribution in [0, 0.1) is 10.1 Å². The van der Waals surface area contributed by atoms with Crippen molar-refractivity contribution in [3.8, 4) is 0 Å². The molecule has 0 heterocycles. The van der Waals surface area contributed by atoms with Crippen molar-refractivity contribution in [2.75, 3.05) is 5.75 Å². The van der Waals surface area contributed by atoms with Crippen LogP contribution in [0.25, 0.3) is 6.08 Å². The summed E-state index contributed by atoms with van der Waals surface area (Å²) in [5, 5.41) is 19.5. The third kappa shape index (κ3) is 4.21. The predicted molar refractivity (Wildman–Crippen MR) is 71.9 cm³/mol. The molecule has 0 aliphatic heterocycles. The lowest BCUT2D eigenvalue weighted by atomic mass is 10.1. The van der Waals surface area contributed by atoms with Crippen LogP contribution >= 0.6 is 12.6 Å². The Hall–Kier alpha value is -1.82. The van der Waals surface area contributed by atoms with Gasteiger partial charge in [0, 0.05) is 11.6 Å². The molecule has 18 heavy (non-hydrogen) atoms. The average molecular weight is 267 g/mol. The fraction of sp³-hybridized carbons (Fsp3) is 0.250. The molecular weight excluding hydrogens is 254 g/mol. The quantitative estimate of drug-likeness (QED) is 0.471. The van der Waals surface area contributed by atoms with Gasteiger partial charge in [0.1, 0.15) is 0 Å².